The van der Waals surface area contributed by atoms with Crippen LogP contribution in [0.3, 0.4) is 0 Å². The minimum absolute atomic E-state index is 0.0449. The second kappa shape index (κ2) is 5.23. The number of alkyl halides is 3. The molecule has 0 amide bonds. The zero-order valence-electron chi connectivity index (χ0n) is 9.05. The van der Waals surface area contributed by atoms with E-state index in [2.05, 4.69) is 20.9 Å². The number of halogens is 4. The summed E-state index contributed by atoms with van der Waals surface area (Å²) < 4.78 is 37.4. The maximum absolute atomic E-state index is 12.5. The lowest BCUT2D eigenvalue weighted by Crippen LogP contribution is -2.23. The van der Waals surface area contributed by atoms with Gasteiger partial charge in [0.25, 0.3) is 0 Å². The van der Waals surface area contributed by atoms with Crippen LogP contribution in [0.5, 0.6) is 0 Å². The highest BCUT2D eigenvalue weighted by atomic mass is 79.9. The lowest BCUT2D eigenvalue weighted by molar-refractivity contribution is -0.141. The molecule has 1 atom stereocenters. The third kappa shape index (κ3) is 3.57. The molecule has 1 aromatic heterocycles. The van der Waals surface area contributed by atoms with Gasteiger partial charge in [0, 0.05) is 13.6 Å². The predicted octanol–water partition coefficient (Wildman–Crippen LogP) is 3.52. The molecule has 1 unspecified atom stereocenters. The zero-order valence-corrected chi connectivity index (χ0v) is 11.4. The minimum Gasteiger partial charge on any atom is -0.350 e. The highest BCUT2D eigenvalue weighted by molar-refractivity contribution is 9.11. The van der Waals surface area contributed by atoms with Crippen molar-refractivity contribution in [1.29, 1.82) is 5.26 Å². The highest BCUT2D eigenvalue weighted by Crippen LogP contribution is 2.40. The second-order valence-corrected chi connectivity index (χ2v) is 5.82. The molecule has 3 nitrogen and oxygen atoms in total. The lowest BCUT2D eigenvalue weighted by atomic mass is 10.2. The second-order valence-electron chi connectivity index (χ2n) is 3.53. The van der Waals surface area contributed by atoms with Crippen LogP contribution < -0.4 is 4.90 Å². The zero-order chi connectivity index (χ0) is 13.2. The molecule has 0 saturated heterocycles. The van der Waals surface area contributed by atoms with E-state index in [0.29, 0.717) is 6.54 Å². The summed E-state index contributed by atoms with van der Waals surface area (Å²) in [5.74, 6) is -0.267. The monoisotopic (exact) mass is 327 g/mol. The van der Waals surface area contributed by atoms with Gasteiger partial charge in [-0.25, -0.2) is 4.98 Å². The summed E-state index contributed by atoms with van der Waals surface area (Å²) >= 11 is 3.75. The van der Waals surface area contributed by atoms with Crippen LogP contribution in [-0.2, 0) is 6.18 Å². The number of rotatable bonds is 3. The Labute approximate surface area is 109 Å². The number of thiazole rings is 1. The molecule has 94 valence electrons. The normalized spacial score (nSPS) is 13.2. The fraction of sp³-hybridized carbons (Fsp3) is 0.556. The third-order valence-electron chi connectivity index (χ3n) is 1.94. The first-order chi connectivity index (χ1) is 7.75. The first-order valence-corrected chi connectivity index (χ1v) is 6.21. The van der Waals surface area contributed by atoms with E-state index in [1.807, 2.05) is 6.07 Å². The Morgan fingerprint density at radius 2 is 2.18 bits per heavy atom. The van der Waals surface area contributed by atoms with Gasteiger partial charge in [-0.1, -0.05) is 11.3 Å². The molecule has 1 aromatic rings. The molecule has 17 heavy (non-hydrogen) atoms. The third-order valence-corrected chi connectivity index (χ3v) is 3.76. The maximum atomic E-state index is 12.5. The van der Waals surface area contributed by atoms with Crippen LogP contribution in [-0.4, -0.2) is 18.6 Å². The van der Waals surface area contributed by atoms with E-state index in [4.69, 9.17) is 5.26 Å². The minimum atomic E-state index is -4.46. The quantitative estimate of drug-likeness (QED) is 0.852. The van der Waals surface area contributed by atoms with E-state index in [9.17, 15) is 13.2 Å². The summed E-state index contributed by atoms with van der Waals surface area (Å²) in [6, 6.07) is 2.02. The smallest absolute Gasteiger partial charge is 0.350 e. The van der Waals surface area contributed by atoms with E-state index in [1.54, 1.807) is 18.9 Å². The Morgan fingerprint density at radius 3 is 2.59 bits per heavy atom. The summed E-state index contributed by atoms with van der Waals surface area (Å²) in [5.41, 5.74) is -0.922. The van der Waals surface area contributed by atoms with Crippen molar-refractivity contribution in [3.63, 3.8) is 0 Å². The van der Waals surface area contributed by atoms with Crippen molar-refractivity contribution in [1.82, 2.24) is 4.98 Å². The lowest BCUT2D eigenvalue weighted by Gasteiger charge is -2.16. The largest absolute Gasteiger partial charge is 0.435 e. The number of nitriles is 1. The molecule has 0 fully saturated rings. The summed E-state index contributed by atoms with van der Waals surface area (Å²) in [6.07, 6.45) is -4.46. The van der Waals surface area contributed by atoms with Gasteiger partial charge >= 0.3 is 6.18 Å². The Bertz CT molecular complexity index is 438. The number of anilines is 1. The molecule has 0 N–H and O–H groups in total. The van der Waals surface area contributed by atoms with Crippen LogP contribution in [0.2, 0.25) is 0 Å². The Hall–Kier alpha value is -0.810. The molecule has 0 saturated carbocycles. The molecule has 1 heterocycles. The topological polar surface area (TPSA) is 39.9 Å². The van der Waals surface area contributed by atoms with Gasteiger partial charge in [-0.2, -0.15) is 18.4 Å². The maximum Gasteiger partial charge on any atom is 0.435 e. The highest BCUT2D eigenvalue weighted by Gasteiger charge is 2.37. The van der Waals surface area contributed by atoms with E-state index >= 15 is 0 Å². The average Bonchev–Trinajstić information content (AvgIpc) is 2.59. The summed E-state index contributed by atoms with van der Waals surface area (Å²) in [7, 11) is 1.61. The van der Waals surface area contributed by atoms with Gasteiger partial charge in [0.2, 0.25) is 0 Å². The first kappa shape index (κ1) is 14.3. The van der Waals surface area contributed by atoms with Gasteiger partial charge in [-0.15, -0.1) is 0 Å². The standard InChI is InChI=1S/C9H9BrF3N3S/c1-5(3-14)4-16(2)8-15-6(7(10)17-8)9(11,12)13/h5H,4H2,1-2H3. The molecule has 0 radical (unpaired) electrons. The van der Waals surface area contributed by atoms with Gasteiger partial charge in [0.05, 0.1) is 12.0 Å². The molecule has 1 rings (SSSR count). The van der Waals surface area contributed by atoms with Crippen LogP contribution >= 0.6 is 27.3 Å². The van der Waals surface area contributed by atoms with E-state index in [0.717, 1.165) is 11.3 Å². The van der Waals surface area contributed by atoms with Gasteiger partial charge in [-0.05, 0) is 22.9 Å². The Morgan fingerprint density at radius 1 is 1.59 bits per heavy atom. The van der Waals surface area contributed by atoms with Crippen LogP contribution in [0, 0.1) is 17.2 Å². The number of hydrogen-bond donors (Lipinski definition) is 0. The fourth-order valence-corrected chi connectivity index (χ4v) is 2.69. The van der Waals surface area contributed by atoms with Crippen LogP contribution in [0.4, 0.5) is 18.3 Å². The van der Waals surface area contributed by atoms with Crippen LogP contribution in [0.1, 0.15) is 12.6 Å². The summed E-state index contributed by atoms with van der Waals surface area (Å²) in [6.45, 7) is 2.04. The molecule has 0 aliphatic heterocycles. The average molecular weight is 328 g/mol. The summed E-state index contributed by atoms with van der Waals surface area (Å²) in [5, 5.41) is 8.88. The van der Waals surface area contributed by atoms with Gasteiger partial charge in [-0.3, -0.25) is 0 Å². The fourth-order valence-electron chi connectivity index (χ4n) is 1.16. The SMILES string of the molecule is CC(C#N)CN(C)c1nc(C(F)(F)F)c(Br)s1. The van der Waals surface area contributed by atoms with Crippen molar-refractivity contribution in [2.45, 2.75) is 13.1 Å². The van der Waals surface area contributed by atoms with Crippen molar-refractivity contribution in [3.8, 4) is 6.07 Å². The molecular weight excluding hydrogens is 319 g/mol. The van der Waals surface area contributed by atoms with Crippen molar-refractivity contribution in [2.24, 2.45) is 5.92 Å². The molecular formula is C9H9BrF3N3S. The van der Waals surface area contributed by atoms with E-state index in [1.165, 1.54) is 0 Å². The molecule has 0 aromatic carbocycles. The van der Waals surface area contributed by atoms with Gasteiger partial charge < -0.3 is 4.90 Å². The Kier molecular flexibility index (Phi) is 4.38. The first-order valence-electron chi connectivity index (χ1n) is 4.60. The molecule has 0 bridgehead atoms. The number of hydrogen-bond acceptors (Lipinski definition) is 4. The number of nitrogens with zero attached hydrogens (tertiary/aromatic N) is 3. The van der Waals surface area contributed by atoms with E-state index < -0.39 is 11.9 Å². The molecule has 8 heteroatoms. The number of aromatic nitrogens is 1. The van der Waals surface area contributed by atoms with Crippen LogP contribution in [0.25, 0.3) is 0 Å². The Balaban J connectivity index is 2.91. The molecule has 0 aliphatic carbocycles. The predicted molar refractivity (Wildman–Crippen MR) is 62.9 cm³/mol. The summed E-state index contributed by atoms with van der Waals surface area (Å²) in [4.78, 5) is 5.07. The van der Waals surface area contributed by atoms with Crippen LogP contribution in [0.15, 0.2) is 3.79 Å². The molecule has 0 aliphatic rings. The van der Waals surface area contributed by atoms with Gasteiger partial charge in [0.1, 0.15) is 3.79 Å². The van der Waals surface area contributed by atoms with Crippen molar-refractivity contribution < 1.29 is 13.2 Å². The van der Waals surface area contributed by atoms with Crippen molar-refractivity contribution in [3.05, 3.63) is 9.48 Å². The van der Waals surface area contributed by atoms with Gasteiger partial charge in [0.15, 0.2) is 10.8 Å². The van der Waals surface area contributed by atoms with Crippen molar-refractivity contribution in [2.75, 3.05) is 18.5 Å². The molecule has 0 spiro atoms. The van der Waals surface area contributed by atoms with Crippen molar-refractivity contribution >= 4 is 32.4 Å². The van der Waals surface area contributed by atoms with E-state index in [-0.39, 0.29) is 14.8 Å².